The highest BCUT2D eigenvalue weighted by atomic mass is 79.9. The van der Waals surface area contributed by atoms with Gasteiger partial charge in [0.1, 0.15) is 0 Å². The standard InChI is InChI=1S/C15H22BrNO/c1-5-10-17(15(18)11(2)3)12(4)13-8-6-7-9-14(13)16/h6-9,11-12H,5,10H2,1-4H3. The van der Waals surface area contributed by atoms with E-state index >= 15 is 0 Å². The van der Waals surface area contributed by atoms with Gasteiger partial charge in [0.25, 0.3) is 0 Å². The molecule has 0 bridgehead atoms. The maximum atomic E-state index is 12.3. The molecule has 0 saturated carbocycles. The lowest BCUT2D eigenvalue weighted by Crippen LogP contribution is -2.37. The minimum absolute atomic E-state index is 0.0430. The van der Waals surface area contributed by atoms with Gasteiger partial charge in [-0.05, 0) is 25.0 Å². The maximum Gasteiger partial charge on any atom is 0.225 e. The van der Waals surface area contributed by atoms with Crippen LogP contribution in [0.5, 0.6) is 0 Å². The molecule has 0 fully saturated rings. The Bertz CT molecular complexity index is 403. The first-order valence-electron chi connectivity index (χ1n) is 6.53. The van der Waals surface area contributed by atoms with E-state index in [1.54, 1.807) is 0 Å². The molecule has 1 rings (SSSR count). The first-order chi connectivity index (χ1) is 8.49. The fourth-order valence-electron chi connectivity index (χ4n) is 2.05. The Labute approximate surface area is 119 Å². The van der Waals surface area contributed by atoms with Gasteiger partial charge in [-0.1, -0.05) is 54.9 Å². The molecule has 1 amide bonds. The second kappa shape index (κ2) is 6.93. The topological polar surface area (TPSA) is 20.3 Å². The summed E-state index contributed by atoms with van der Waals surface area (Å²) in [6.07, 6.45) is 0.979. The van der Waals surface area contributed by atoms with Crippen LogP contribution in [0, 0.1) is 5.92 Å². The Morgan fingerprint density at radius 3 is 2.39 bits per heavy atom. The number of hydrogen-bond donors (Lipinski definition) is 0. The van der Waals surface area contributed by atoms with Gasteiger partial charge >= 0.3 is 0 Å². The molecule has 0 heterocycles. The monoisotopic (exact) mass is 311 g/mol. The predicted molar refractivity (Wildman–Crippen MR) is 79.4 cm³/mol. The van der Waals surface area contributed by atoms with E-state index < -0.39 is 0 Å². The highest BCUT2D eigenvalue weighted by Gasteiger charge is 2.23. The van der Waals surface area contributed by atoms with Crippen LogP contribution in [0.1, 0.15) is 45.7 Å². The van der Waals surface area contributed by atoms with Gasteiger partial charge in [0, 0.05) is 16.9 Å². The van der Waals surface area contributed by atoms with Crippen LogP contribution in [0.2, 0.25) is 0 Å². The van der Waals surface area contributed by atoms with Crippen LogP contribution in [0.3, 0.4) is 0 Å². The SMILES string of the molecule is CCCN(C(=O)C(C)C)C(C)c1ccccc1Br. The number of carbonyl (C=O) groups is 1. The number of benzene rings is 1. The summed E-state index contributed by atoms with van der Waals surface area (Å²) >= 11 is 3.56. The normalized spacial score (nSPS) is 12.6. The molecule has 2 nitrogen and oxygen atoms in total. The zero-order chi connectivity index (χ0) is 13.7. The summed E-state index contributed by atoms with van der Waals surface area (Å²) in [7, 11) is 0. The molecule has 0 radical (unpaired) electrons. The van der Waals surface area contributed by atoms with Gasteiger partial charge in [-0.2, -0.15) is 0 Å². The minimum atomic E-state index is 0.0430. The molecule has 0 saturated heterocycles. The largest absolute Gasteiger partial charge is 0.336 e. The van der Waals surface area contributed by atoms with Crippen LogP contribution < -0.4 is 0 Å². The second-order valence-electron chi connectivity index (χ2n) is 4.88. The summed E-state index contributed by atoms with van der Waals surface area (Å²) in [5.74, 6) is 0.265. The molecule has 0 aromatic heterocycles. The number of halogens is 1. The summed E-state index contributed by atoms with van der Waals surface area (Å²) in [6, 6.07) is 8.21. The molecule has 0 aliphatic heterocycles. The van der Waals surface area contributed by atoms with Crippen LogP contribution in [0.4, 0.5) is 0 Å². The van der Waals surface area contributed by atoms with E-state index in [4.69, 9.17) is 0 Å². The molecule has 1 aromatic carbocycles. The van der Waals surface area contributed by atoms with Gasteiger partial charge in [-0.15, -0.1) is 0 Å². The van der Waals surface area contributed by atoms with Crippen molar-refractivity contribution in [1.82, 2.24) is 4.90 Å². The van der Waals surface area contributed by atoms with E-state index in [2.05, 4.69) is 35.8 Å². The Kier molecular flexibility index (Phi) is 5.86. The van der Waals surface area contributed by atoms with Crippen molar-refractivity contribution >= 4 is 21.8 Å². The third-order valence-electron chi connectivity index (χ3n) is 3.06. The van der Waals surface area contributed by atoms with E-state index in [1.807, 2.05) is 36.9 Å². The average molecular weight is 312 g/mol. The van der Waals surface area contributed by atoms with Crippen LogP contribution in [0.25, 0.3) is 0 Å². The summed E-state index contributed by atoms with van der Waals surface area (Å²) in [5, 5.41) is 0. The maximum absolute atomic E-state index is 12.3. The van der Waals surface area contributed by atoms with Crippen molar-refractivity contribution in [2.75, 3.05) is 6.54 Å². The van der Waals surface area contributed by atoms with Crippen molar-refractivity contribution in [3.8, 4) is 0 Å². The Balaban J connectivity index is 2.99. The lowest BCUT2D eigenvalue weighted by atomic mass is 10.0. The fourth-order valence-corrected chi connectivity index (χ4v) is 2.67. The highest BCUT2D eigenvalue weighted by Crippen LogP contribution is 2.28. The van der Waals surface area contributed by atoms with Gasteiger partial charge in [0.2, 0.25) is 5.91 Å². The molecule has 1 aromatic rings. The molecule has 0 N–H and O–H groups in total. The molecular weight excluding hydrogens is 290 g/mol. The van der Waals surface area contributed by atoms with Gasteiger partial charge in [-0.25, -0.2) is 0 Å². The first-order valence-corrected chi connectivity index (χ1v) is 7.33. The van der Waals surface area contributed by atoms with Crippen molar-refractivity contribution < 1.29 is 4.79 Å². The van der Waals surface area contributed by atoms with Crippen molar-refractivity contribution in [2.24, 2.45) is 5.92 Å². The number of nitrogens with zero attached hydrogens (tertiary/aromatic N) is 1. The molecule has 1 unspecified atom stereocenters. The van der Waals surface area contributed by atoms with Crippen LogP contribution >= 0.6 is 15.9 Å². The van der Waals surface area contributed by atoms with E-state index in [0.717, 1.165) is 17.4 Å². The van der Waals surface area contributed by atoms with Gasteiger partial charge in [-0.3, -0.25) is 4.79 Å². The number of hydrogen-bond acceptors (Lipinski definition) is 1. The average Bonchev–Trinajstić information content (AvgIpc) is 2.35. The number of rotatable bonds is 5. The Morgan fingerprint density at radius 1 is 1.28 bits per heavy atom. The van der Waals surface area contributed by atoms with Crippen LogP contribution in [0.15, 0.2) is 28.7 Å². The summed E-state index contributed by atoms with van der Waals surface area (Å²) in [5.41, 5.74) is 1.17. The zero-order valence-corrected chi connectivity index (χ0v) is 13.2. The molecule has 3 heteroatoms. The van der Waals surface area contributed by atoms with Crippen LogP contribution in [-0.4, -0.2) is 17.4 Å². The zero-order valence-electron chi connectivity index (χ0n) is 11.6. The quantitative estimate of drug-likeness (QED) is 0.789. The number of carbonyl (C=O) groups excluding carboxylic acids is 1. The third-order valence-corrected chi connectivity index (χ3v) is 3.79. The Morgan fingerprint density at radius 2 is 1.89 bits per heavy atom. The molecule has 100 valence electrons. The molecular formula is C15H22BrNO. The predicted octanol–water partition coefficient (Wildman–Crippen LogP) is 4.40. The fraction of sp³-hybridized carbons (Fsp3) is 0.533. The molecule has 18 heavy (non-hydrogen) atoms. The van der Waals surface area contributed by atoms with Gasteiger partial charge in [0.05, 0.1) is 6.04 Å². The first kappa shape index (κ1) is 15.2. The number of amides is 1. The van der Waals surface area contributed by atoms with E-state index in [-0.39, 0.29) is 17.9 Å². The van der Waals surface area contributed by atoms with Crippen molar-refractivity contribution in [1.29, 1.82) is 0 Å². The molecule has 0 spiro atoms. The summed E-state index contributed by atoms with van der Waals surface area (Å²) < 4.78 is 1.06. The highest BCUT2D eigenvalue weighted by molar-refractivity contribution is 9.10. The second-order valence-corrected chi connectivity index (χ2v) is 5.74. The Hall–Kier alpha value is -0.830. The van der Waals surface area contributed by atoms with Crippen molar-refractivity contribution in [3.05, 3.63) is 34.3 Å². The summed E-state index contributed by atoms with van der Waals surface area (Å²) in [4.78, 5) is 14.2. The van der Waals surface area contributed by atoms with Crippen molar-refractivity contribution in [2.45, 2.75) is 40.2 Å². The smallest absolute Gasteiger partial charge is 0.225 e. The minimum Gasteiger partial charge on any atom is -0.336 e. The van der Waals surface area contributed by atoms with E-state index in [9.17, 15) is 4.79 Å². The van der Waals surface area contributed by atoms with Crippen molar-refractivity contribution in [3.63, 3.8) is 0 Å². The van der Waals surface area contributed by atoms with Crippen LogP contribution in [-0.2, 0) is 4.79 Å². The lowest BCUT2D eigenvalue weighted by Gasteiger charge is -2.31. The molecule has 0 aliphatic carbocycles. The third kappa shape index (κ3) is 3.58. The van der Waals surface area contributed by atoms with E-state index in [1.165, 1.54) is 5.56 Å². The lowest BCUT2D eigenvalue weighted by molar-refractivity contribution is -0.136. The van der Waals surface area contributed by atoms with Gasteiger partial charge < -0.3 is 4.90 Å². The molecule has 0 aliphatic rings. The van der Waals surface area contributed by atoms with E-state index in [0.29, 0.717) is 0 Å². The summed E-state index contributed by atoms with van der Waals surface area (Å²) in [6.45, 7) is 8.92. The van der Waals surface area contributed by atoms with Gasteiger partial charge in [0.15, 0.2) is 0 Å². The molecule has 1 atom stereocenters.